The molecule has 0 N–H and O–H groups in total. The third kappa shape index (κ3) is 0.653. The minimum absolute atomic E-state index is 0.0613. The summed E-state index contributed by atoms with van der Waals surface area (Å²) in [6, 6.07) is -0.381. The van der Waals surface area contributed by atoms with E-state index in [0.717, 1.165) is 19.3 Å². The molecule has 10 heavy (non-hydrogen) atoms. The molecule has 2 saturated heterocycles. The molecule has 0 spiro atoms. The van der Waals surface area contributed by atoms with E-state index in [1.54, 1.807) is 0 Å². The topological polar surface area (TPSA) is 52.4 Å². The van der Waals surface area contributed by atoms with Gasteiger partial charge in [-0.25, -0.2) is 0 Å². The van der Waals surface area contributed by atoms with Crippen molar-refractivity contribution >= 4 is 0 Å². The highest BCUT2D eigenvalue weighted by Gasteiger charge is 2.53. The number of nitro groups is 1. The highest BCUT2D eigenvalue weighted by Crippen LogP contribution is 2.36. The molecule has 3 rings (SSSR count). The molecule has 3 aliphatic rings. The van der Waals surface area contributed by atoms with Gasteiger partial charge in [0, 0.05) is 4.92 Å². The first-order valence-corrected chi connectivity index (χ1v) is 3.58. The summed E-state index contributed by atoms with van der Waals surface area (Å²) < 4.78 is 5.21. The average molecular weight is 143 g/mol. The van der Waals surface area contributed by atoms with Gasteiger partial charge in [-0.15, -0.1) is 0 Å². The van der Waals surface area contributed by atoms with Crippen molar-refractivity contribution in [3.63, 3.8) is 0 Å². The van der Waals surface area contributed by atoms with Crippen LogP contribution in [0.5, 0.6) is 0 Å². The SMILES string of the molecule is O=[N+]([O-])C1C2CCCC1O2. The van der Waals surface area contributed by atoms with Gasteiger partial charge in [0.05, 0.1) is 0 Å². The fraction of sp³-hybridized carbons (Fsp3) is 1.00. The number of rotatable bonds is 1. The van der Waals surface area contributed by atoms with E-state index in [1.165, 1.54) is 0 Å². The van der Waals surface area contributed by atoms with Gasteiger partial charge in [0.2, 0.25) is 0 Å². The Hall–Kier alpha value is -0.640. The van der Waals surface area contributed by atoms with Gasteiger partial charge >= 0.3 is 0 Å². The Bertz CT molecular complexity index is 156. The molecular formula is C6H9NO3. The first kappa shape index (κ1) is 6.09. The molecule has 2 unspecified atom stereocenters. The molecule has 0 aromatic rings. The second-order valence-electron chi connectivity index (χ2n) is 2.92. The molecule has 2 atom stereocenters. The van der Waals surface area contributed by atoms with E-state index in [1.807, 2.05) is 0 Å². The zero-order valence-electron chi connectivity index (χ0n) is 5.53. The van der Waals surface area contributed by atoms with E-state index in [2.05, 4.69) is 0 Å². The van der Waals surface area contributed by atoms with Gasteiger partial charge in [-0.1, -0.05) is 0 Å². The van der Waals surface area contributed by atoms with E-state index >= 15 is 0 Å². The van der Waals surface area contributed by atoms with Crippen molar-refractivity contribution < 1.29 is 9.66 Å². The molecule has 2 heterocycles. The van der Waals surface area contributed by atoms with Gasteiger partial charge in [0.25, 0.3) is 6.04 Å². The smallest absolute Gasteiger partial charge is 0.264 e. The second kappa shape index (κ2) is 1.92. The molecule has 0 amide bonds. The van der Waals surface area contributed by atoms with Crippen LogP contribution in [-0.2, 0) is 4.74 Å². The van der Waals surface area contributed by atoms with Crippen LogP contribution >= 0.6 is 0 Å². The van der Waals surface area contributed by atoms with Crippen LogP contribution in [0.15, 0.2) is 0 Å². The van der Waals surface area contributed by atoms with Crippen molar-refractivity contribution in [1.82, 2.24) is 0 Å². The maximum absolute atomic E-state index is 10.3. The molecule has 2 aliphatic heterocycles. The lowest BCUT2D eigenvalue weighted by Crippen LogP contribution is -2.60. The summed E-state index contributed by atoms with van der Waals surface area (Å²) in [7, 11) is 0. The van der Waals surface area contributed by atoms with Gasteiger partial charge in [0.1, 0.15) is 12.2 Å². The van der Waals surface area contributed by atoms with Crippen LogP contribution < -0.4 is 0 Å². The van der Waals surface area contributed by atoms with E-state index in [4.69, 9.17) is 4.74 Å². The molecule has 0 aromatic carbocycles. The molecule has 0 radical (unpaired) electrons. The monoisotopic (exact) mass is 143 g/mol. The van der Waals surface area contributed by atoms with Crippen LogP contribution in [0.3, 0.4) is 0 Å². The number of nitrogens with zero attached hydrogens (tertiary/aromatic N) is 1. The van der Waals surface area contributed by atoms with Gasteiger partial charge in [-0.05, 0) is 19.3 Å². The van der Waals surface area contributed by atoms with Crippen molar-refractivity contribution in [2.45, 2.75) is 37.5 Å². The Labute approximate surface area is 58.3 Å². The zero-order valence-corrected chi connectivity index (χ0v) is 5.53. The Balaban J connectivity index is 2.06. The van der Waals surface area contributed by atoms with Gasteiger partial charge in [0.15, 0.2) is 0 Å². The number of ether oxygens (including phenoxy) is 1. The Kier molecular flexibility index (Phi) is 1.17. The summed E-state index contributed by atoms with van der Waals surface area (Å²) in [5, 5.41) is 10.3. The van der Waals surface area contributed by atoms with Crippen molar-refractivity contribution in [2.75, 3.05) is 0 Å². The predicted molar refractivity (Wildman–Crippen MR) is 33.3 cm³/mol. The lowest BCUT2D eigenvalue weighted by Gasteiger charge is -2.42. The molecule has 56 valence electrons. The Morgan fingerprint density at radius 3 is 2.30 bits per heavy atom. The third-order valence-electron chi connectivity index (χ3n) is 2.33. The Morgan fingerprint density at radius 2 is 2.00 bits per heavy atom. The normalized spacial score (nSPS) is 44.2. The molecule has 2 bridgehead atoms. The standard InChI is InChI=1S/C6H9NO3/c8-7(9)6-4-2-1-3-5(6)10-4/h4-6H,1-3H2. The maximum atomic E-state index is 10.3. The van der Waals surface area contributed by atoms with E-state index < -0.39 is 0 Å². The molecule has 1 saturated carbocycles. The van der Waals surface area contributed by atoms with Crippen LogP contribution in [0.2, 0.25) is 0 Å². The predicted octanol–water partition coefficient (Wildman–Crippen LogP) is 0.583. The number of hydrogen-bond acceptors (Lipinski definition) is 3. The summed E-state index contributed by atoms with van der Waals surface area (Å²) in [4.78, 5) is 10.1. The van der Waals surface area contributed by atoms with Crippen LogP contribution in [0.25, 0.3) is 0 Å². The van der Waals surface area contributed by atoms with Crippen LogP contribution in [0.1, 0.15) is 19.3 Å². The van der Waals surface area contributed by atoms with E-state index in [0.29, 0.717) is 0 Å². The van der Waals surface area contributed by atoms with E-state index in [9.17, 15) is 10.1 Å². The molecule has 4 nitrogen and oxygen atoms in total. The quantitative estimate of drug-likeness (QED) is 0.398. The average Bonchev–Trinajstić information content (AvgIpc) is 1.87. The van der Waals surface area contributed by atoms with Gasteiger partial charge < -0.3 is 4.74 Å². The lowest BCUT2D eigenvalue weighted by molar-refractivity contribution is -0.584. The van der Waals surface area contributed by atoms with Gasteiger partial charge in [-0.3, -0.25) is 10.1 Å². The maximum Gasteiger partial charge on any atom is 0.264 e. The molecule has 3 fully saturated rings. The Morgan fingerprint density at radius 1 is 1.40 bits per heavy atom. The first-order valence-electron chi connectivity index (χ1n) is 3.58. The number of fused-ring (bicyclic) bond motifs is 2. The molecule has 1 aliphatic carbocycles. The largest absolute Gasteiger partial charge is 0.360 e. The zero-order chi connectivity index (χ0) is 7.14. The molecule has 0 aromatic heterocycles. The summed E-state index contributed by atoms with van der Waals surface area (Å²) in [5.74, 6) is 0. The summed E-state index contributed by atoms with van der Waals surface area (Å²) in [6.07, 6.45) is 2.73. The number of hydrogen-bond donors (Lipinski definition) is 0. The van der Waals surface area contributed by atoms with Gasteiger partial charge in [-0.2, -0.15) is 0 Å². The van der Waals surface area contributed by atoms with Crippen molar-refractivity contribution in [3.05, 3.63) is 10.1 Å². The van der Waals surface area contributed by atoms with E-state index in [-0.39, 0.29) is 23.2 Å². The second-order valence-corrected chi connectivity index (χ2v) is 2.92. The summed E-state index contributed by atoms with van der Waals surface area (Å²) in [5.41, 5.74) is 0. The summed E-state index contributed by atoms with van der Waals surface area (Å²) >= 11 is 0. The van der Waals surface area contributed by atoms with Crippen LogP contribution in [0.4, 0.5) is 0 Å². The fourth-order valence-electron chi connectivity index (χ4n) is 1.80. The highest BCUT2D eigenvalue weighted by molar-refractivity contribution is 4.93. The highest BCUT2D eigenvalue weighted by atomic mass is 16.6. The molecule has 4 heteroatoms. The molecular weight excluding hydrogens is 134 g/mol. The van der Waals surface area contributed by atoms with Crippen molar-refractivity contribution in [1.29, 1.82) is 0 Å². The minimum atomic E-state index is -0.381. The fourth-order valence-corrected chi connectivity index (χ4v) is 1.80. The van der Waals surface area contributed by atoms with Crippen LogP contribution in [0, 0.1) is 10.1 Å². The minimum Gasteiger partial charge on any atom is -0.360 e. The van der Waals surface area contributed by atoms with Crippen molar-refractivity contribution in [3.8, 4) is 0 Å². The first-order chi connectivity index (χ1) is 4.79. The lowest BCUT2D eigenvalue weighted by atomic mass is 9.84. The van der Waals surface area contributed by atoms with Crippen molar-refractivity contribution in [2.24, 2.45) is 0 Å². The van der Waals surface area contributed by atoms with Crippen LogP contribution in [-0.4, -0.2) is 23.2 Å². The summed E-state index contributed by atoms with van der Waals surface area (Å²) in [6.45, 7) is 0. The third-order valence-corrected chi connectivity index (χ3v) is 2.33.